The first kappa shape index (κ1) is 21.3. The van der Waals surface area contributed by atoms with Crippen LogP contribution in [0.4, 0.5) is 0 Å². The zero-order valence-corrected chi connectivity index (χ0v) is 19.3. The average molecular weight is 514 g/mol. The molecule has 0 radical (unpaired) electrons. The monoisotopic (exact) mass is 514 g/mol. The van der Waals surface area contributed by atoms with E-state index in [4.69, 9.17) is 0 Å². The lowest BCUT2D eigenvalue weighted by molar-refractivity contribution is -0.140. The molecule has 0 aromatic carbocycles. The second-order valence-corrected chi connectivity index (χ2v) is 8.45. The number of allylic oxidation sites excluding steroid dienone is 2. The minimum atomic E-state index is -0.114. The molecule has 5 atom stereocenters. The highest BCUT2D eigenvalue weighted by Gasteiger charge is 2.58. The molecule has 1 aromatic heterocycles. The van der Waals surface area contributed by atoms with Crippen LogP contribution < -0.4 is 10.6 Å². The first-order chi connectivity index (χ1) is 13.1. The average Bonchev–Trinajstić information content (AvgIpc) is 3.45. The standard InChI is InChI=1S/C20H26N4O2S.HI/c1-12(15-5-8-27-11-15)10-23-20(21-2)22-6-7-24-18(25)16-13-3-4-14(9-13)17(16)19(24)26;/h3-5,8,11-14,16-17H,6-7,9-10H2,1-2H3,(H2,21,22,23);1H. The van der Waals surface area contributed by atoms with E-state index in [1.54, 1.807) is 18.4 Å². The number of hydrogen-bond acceptors (Lipinski definition) is 4. The van der Waals surface area contributed by atoms with Crippen molar-refractivity contribution in [3.63, 3.8) is 0 Å². The molecule has 6 nitrogen and oxygen atoms in total. The Morgan fingerprint density at radius 2 is 1.93 bits per heavy atom. The summed E-state index contributed by atoms with van der Waals surface area (Å²) in [6.07, 6.45) is 5.22. The molecule has 3 aliphatic rings. The fourth-order valence-electron chi connectivity index (χ4n) is 4.61. The van der Waals surface area contributed by atoms with E-state index in [-0.39, 0.29) is 59.5 Å². The minimum Gasteiger partial charge on any atom is -0.356 e. The number of thiophene rings is 1. The van der Waals surface area contributed by atoms with Gasteiger partial charge in [0.2, 0.25) is 11.8 Å². The van der Waals surface area contributed by atoms with Gasteiger partial charge in [0, 0.05) is 26.7 Å². The first-order valence-electron chi connectivity index (χ1n) is 9.60. The lowest BCUT2D eigenvalue weighted by atomic mass is 9.85. The second-order valence-electron chi connectivity index (χ2n) is 7.67. The van der Waals surface area contributed by atoms with Crippen LogP contribution in [0.15, 0.2) is 34.0 Å². The Morgan fingerprint density at radius 3 is 2.50 bits per heavy atom. The van der Waals surface area contributed by atoms with Crippen LogP contribution in [0.5, 0.6) is 0 Å². The number of hydrogen-bond donors (Lipinski definition) is 2. The molecule has 2 heterocycles. The van der Waals surface area contributed by atoms with Crippen LogP contribution in [0.1, 0.15) is 24.8 Å². The quantitative estimate of drug-likeness (QED) is 0.201. The summed E-state index contributed by atoms with van der Waals surface area (Å²) in [6, 6.07) is 2.14. The van der Waals surface area contributed by atoms with Gasteiger partial charge in [-0.3, -0.25) is 19.5 Å². The molecule has 1 saturated heterocycles. The highest BCUT2D eigenvalue weighted by atomic mass is 127. The number of amides is 2. The smallest absolute Gasteiger partial charge is 0.233 e. The van der Waals surface area contributed by atoms with Crippen molar-refractivity contribution in [3.05, 3.63) is 34.5 Å². The van der Waals surface area contributed by atoms with Gasteiger partial charge in [0.15, 0.2) is 5.96 Å². The van der Waals surface area contributed by atoms with Crippen LogP contribution in [-0.4, -0.2) is 49.4 Å². The van der Waals surface area contributed by atoms with Crippen molar-refractivity contribution in [2.24, 2.45) is 28.7 Å². The molecule has 2 amide bonds. The minimum absolute atomic E-state index is 0. The number of likely N-dealkylation sites (tertiary alicyclic amines) is 1. The maximum absolute atomic E-state index is 12.7. The van der Waals surface area contributed by atoms with Gasteiger partial charge < -0.3 is 10.6 Å². The first-order valence-corrected chi connectivity index (χ1v) is 10.5. The molecule has 0 spiro atoms. The third-order valence-electron chi connectivity index (χ3n) is 6.10. The van der Waals surface area contributed by atoms with Crippen LogP contribution in [0.2, 0.25) is 0 Å². The van der Waals surface area contributed by atoms with E-state index in [0.29, 0.717) is 25.0 Å². The zero-order valence-electron chi connectivity index (χ0n) is 16.1. The molecule has 1 aromatic rings. The van der Waals surface area contributed by atoms with Crippen molar-refractivity contribution in [2.75, 3.05) is 26.7 Å². The van der Waals surface area contributed by atoms with Crippen LogP contribution in [0.3, 0.4) is 0 Å². The number of fused-ring (bicyclic) bond motifs is 5. The third kappa shape index (κ3) is 3.85. The number of carbonyl (C=O) groups excluding carboxylic acids is 2. The van der Waals surface area contributed by atoms with Crippen molar-refractivity contribution >= 4 is 53.1 Å². The topological polar surface area (TPSA) is 73.8 Å². The Morgan fingerprint density at radius 1 is 1.25 bits per heavy atom. The fraction of sp³-hybridized carbons (Fsp3) is 0.550. The molecule has 8 heteroatoms. The van der Waals surface area contributed by atoms with Gasteiger partial charge in [0.05, 0.1) is 11.8 Å². The van der Waals surface area contributed by atoms with E-state index in [1.165, 1.54) is 10.5 Å². The molecule has 1 saturated carbocycles. The van der Waals surface area contributed by atoms with Gasteiger partial charge in [-0.05, 0) is 46.6 Å². The molecule has 4 rings (SSSR count). The number of nitrogens with one attached hydrogen (secondary N) is 2. The lowest BCUT2D eigenvalue weighted by Crippen LogP contribution is -2.44. The Balaban J connectivity index is 0.00000225. The van der Waals surface area contributed by atoms with Crippen molar-refractivity contribution in [1.29, 1.82) is 0 Å². The van der Waals surface area contributed by atoms with E-state index in [9.17, 15) is 9.59 Å². The van der Waals surface area contributed by atoms with E-state index in [0.717, 1.165) is 13.0 Å². The summed E-state index contributed by atoms with van der Waals surface area (Å²) < 4.78 is 0. The molecule has 152 valence electrons. The Hall–Kier alpha value is -1.42. The van der Waals surface area contributed by atoms with Crippen LogP contribution in [0.25, 0.3) is 0 Å². The van der Waals surface area contributed by atoms with E-state index < -0.39 is 0 Å². The summed E-state index contributed by atoms with van der Waals surface area (Å²) in [6.45, 7) is 3.85. The van der Waals surface area contributed by atoms with Crippen molar-refractivity contribution in [1.82, 2.24) is 15.5 Å². The summed E-state index contributed by atoms with van der Waals surface area (Å²) in [5.74, 6) is 1.41. The highest BCUT2D eigenvalue weighted by molar-refractivity contribution is 14.0. The number of rotatable bonds is 6. The molecule has 1 aliphatic heterocycles. The lowest BCUT2D eigenvalue weighted by Gasteiger charge is -2.19. The number of nitrogens with zero attached hydrogens (tertiary/aromatic N) is 2. The number of imide groups is 1. The van der Waals surface area contributed by atoms with Crippen molar-refractivity contribution < 1.29 is 9.59 Å². The van der Waals surface area contributed by atoms with E-state index >= 15 is 0 Å². The molecular weight excluding hydrogens is 487 g/mol. The number of guanidine groups is 1. The van der Waals surface area contributed by atoms with Crippen molar-refractivity contribution in [2.45, 2.75) is 19.3 Å². The number of carbonyl (C=O) groups is 2. The van der Waals surface area contributed by atoms with Gasteiger partial charge in [-0.25, -0.2) is 0 Å². The molecule has 2 aliphatic carbocycles. The predicted molar refractivity (Wildman–Crippen MR) is 122 cm³/mol. The van der Waals surface area contributed by atoms with Crippen molar-refractivity contribution in [3.8, 4) is 0 Å². The molecule has 5 unspecified atom stereocenters. The Labute approximate surface area is 186 Å². The summed E-state index contributed by atoms with van der Waals surface area (Å²) in [7, 11) is 1.73. The summed E-state index contributed by atoms with van der Waals surface area (Å²) in [4.78, 5) is 31.0. The summed E-state index contributed by atoms with van der Waals surface area (Å²) >= 11 is 1.70. The maximum atomic E-state index is 12.7. The zero-order chi connectivity index (χ0) is 19.0. The molecular formula is C20H27IN4O2S. The normalized spacial score (nSPS) is 29.1. The summed E-state index contributed by atoms with van der Waals surface area (Å²) in [5.41, 5.74) is 1.31. The van der Waals surface area contributed by atoms with Crippen LogP contribution >= 0.6 is 35.3 Å². The van der Waals surface area contributed by atoms with E-state index in [1.807, 2.05) is 0 Å². The molecule has 28 heavy (non-hydrogen) atoms. The molecule has 2 N–H and O–H groups in total. The highest BCUT2D eigenvalue weighted by Crippen LogP contribution is 2.52. The van der Waals surface area contributed by atoms with Gasteiger partial charge in [0.1, 0.15) is 0 Å². The largest absolute Gasteiger partial charge is 0.356 e. The molecule has 2 bridgehead atoms. The maximum Gasteiger partial charge on any atom is 0.233 e. The van der Waals surface area contributed by atoms with Crippen LogP contribution in [0, 0.1) is 23.7 Å². The van der Waals surface area contributed by atoms with E-state index in [2.05, 4.69) is 51.5 Å². The van der Waals surface area contributed by atoms with Gasteiger partial charge in [-0.1, -0.05) is 19.1 Å². The summed E-state index contributed by atoms with van der Waals surface area (Å²) in [5, 5.41) is 10.8. The SMILES string of the molecule is CN=C(NCCN1C(=O)C2C3C=CC(C3)C2C1=O)NCC(C)c1ccsc1.I. The fourth-order valence-corrected chi connectivity index (χ4v) is 5.40. The third-order valence-corrected chi connectivity index (χ3v) is 6.80. The number of halogens is 1. The Bertz CT molecular complexity index is 749. The second kappa shape index (κ2) is 8.94. The van der Waals surface area contributed by atoms with Gasteiger partial charge >= 0.3 is 0 Å². The van der Waals surface area contributed by atoms with Gasteiger partial charge in [-0.2, -0.15) is 11.3 Å². The van der Waals surface area contributed by atoms with Gasteiger partial charge in [0.25, 0.3) is 0 Å². The van der Waals surface area contributed by atoms with Crippen LogP contribution in [-0.2, 0) is 9.59 Å². The Kier molecular flexibility index (Phi) is 6.80. The molecule has 2 fully saturated rings. The predicted octanol–water partition coefficient (Wildman–Crippen LogP) is 2.44. The van der Waals surface area contributed by atoms with Gasteiger partial charge in [-0.15, -0.1) is 24.0 Å². The number of aliphatic imine (C=N–C) groups is 1.